The number of rotatable bonds is 6. The van der Waals surface area contributed by atoms with E-state index in [9.17, 15) is 4.79 Å². The van der Waals surface area contributed by atoms with Crippen molar-refractivity contribution in [2.45, 2.75) is 20.1 Å². The summed E-state index contributed by atoms with van der Waals surface area (Å²) in [5, 5.41) is 0. The van der Waals surface area contributed by atoms with Gasteiger partial charge in [-0.1, -0.05) is 46.3 Å². The molecule has 2 aromatic carbocycles. The Morgan fingerprint density at radius 1 is 1.07 bits per heavy atom. The molecule has 0 N–H and O–H groups in total. The predicted molar refractivity (Wildman–Crippen MR) is 109 cm³/mol. The van der Waals surface area contributed by atoms with Crippen molar-refractivity contribution in [3.8, 4) is 5.75 Å². The second-order valence-electron chi connectivity index (χ2n) is 6.49. The Kier molecular flexibility index (Phi) is 7.12. The van der Waals surface area contributed by atoms with E-state index < -0.39 is 0 Å². The minimum atomic E-state index is -0.240. The highest BCUT2D eigenvalue weighted by atomic mass is 79.9. The van der Waals surface area contributed by atoms with Gasteiger partial charge in [0.2, 0.25) is 0 Å². The molecule has 2 aromatic rings. The summed E-state index contributed by atoms with van der Waals surface area (Å²) < 4.78 is 12.2. The van der Waals surface area contributed by atoms with Crippen molar-refractivity contribution in [3.05, 3.63) is 64.1 Å². The number of carbonyl (C=O) groups is 1. The van der Waals surface area contributed by atoms with E-state index in [4.69, 9.17) is 9.47 Å². The van der Waals surface area contributed by atoms with E-state index >= 15 is 0 Å². The first-order valence-electron chi connectivity index (χ1n) is 9.25. The molecule has 27 heavy (non-hydrogen) atoms. The van der Waals surface area contributed by atoms with Gasteiger partial charge in [-0.15, -0.1) is 0 Å². The van der Waals surface area contributed by atoms with E-state index in [0.717, 1.165) is 41.0 Å². The standard InChI is InChI=1S/C21H25BrN2O3/c1-2-26-20-9-8-19(22)14-18(20)15-23-10-12-24(13-11-23)21(25)27-16-17-6-4-3-5-7-17/h3-9,14H,2,10-13,15-16H2,1H3. The van der Waals surface area contributed by atoms with Crippen molar-refractivity contribution in [2.75, 3.05) is 32.8 Å². The smallest absolute Gasteiger partial charge is 0.410 e. The van der Waals surface area contributed by atoms with Crippen LogP contribution in [-0.2, 0) is 17.9 Å². The number of carbonyl (C=O) groups excluding carboxylic acids is 1. The molecule has 6 heteroatoms. The van der Waals surface area contributed by atoms with Gasteiger partial charge >= 0.3 is 6.09 Å². The van der Waals surface area contributed by atoms with Crippen LogP contribution >= 0.6 is 15.9 Å². The highest BCUT2D eigenvalue weighted by Gasteiger charge is 2.23. The van der Waals surface area contributed by atoms with Gasteiger partial charge in [-0.25, -0.2) is 4.79 Å². The molecule has 5 nitrogen and oxygen atoms in total. The maximum atomic E-state index is 12.3. The molecule has 0 spiro atoms. The van der Waals surface area contributed by atoms with Gasteiger partial charge in [0.25, 0.3) is 0 Å². The number of halogens is 1. The molecule has 144 valence electrons. The number of benzene rings is 2. The van der Waals surface area contributed by atoms with Crippen LogP contribution in [0.5, 0.6) is 5.75 Å². The van der Waals surface area contributed by atoms with Crippen LogP contribution < -0.4 is 4.74 Å². The van der Waals surface area contributed by atoms with Crippen LogP contribution in [0.15, 0.2) is 53.0 Å². The number of amides is 1. The average Bonchev–Trinajstić information content (AvgIpc) is 2.70. The predicted octanol–water partition coefficient (Wildman–Crippen LogP) is 4.30. The first-order chi connectivity index (χ1) is 13.2. The maximum Gasteiger partial charge on any atom is 0.410 e. The number of ether oxygens (including phenoxy) is 2. The Morgan fingerprint density at radius 3 is 2.52 bits per heavy atom. The van der Waals surface area contributed by atoms with Crippen LogP contribution in [0, 0.1) is 0 Å². The number of hydrogen-bond acceptors (Lipinski definition) is 4. The monoisotopic (exact) mass is 432 g/mol. The zero-order valence-corrected chi connectivity index (χ0v) is 17.2. The van der Waals surface area contributed by atoms with Crippen LogP contribution in [0.25, 0.3) is 0 Å². The van der Waals surface area contributed by atoms with Crippen molar-refractivity contribution in [2.24, 2.45) is 0 Å². The molecule has 0 aromatic heterocycles. The minimum absolute atomic E-state index is 0.240. The Hall–Kier alpha value is -2.05. The lowest BCUT2D eigenvalue weighted by Gasteiger charge is -2.34. The van der Waals surface area contributed by atoms with Crippen molar-refractivity contribution < 1.29 is 14.3 Å². The summed E-state index contributed by atoms with van der Waals surface area (Å²) in [5.74, 6) is 0.922. The SMILES string of the molecule is CCOc1ccc(Br)cc1CN1CCN(C(=O)OCc2ccccc2)CC1. The minimum Gasteiger partial charge on any atom is -0.494 e. The Balaban J connectivity index is 1.49. The van der Waals surface area contributed by atoms with E-state index in [1.807, 2.05) is 49.4 Å². The lowest BCUT2D eigenvalue weighted by molar-refractivity contribution is 0.0698. The fourth-order valence-corrected chi connectivity index (χ4v) is 3.52. The van der Waals surface area contributed by atoms with E-state index in [1.165, 1.54) is 0 Å². The van der Waals surface area contributed by atoms with Crippen LogP contribution in [-0.4, -0.2) is 48.7 Å². The topological polar surface area (TPSA) is 42.0 Å². The highest BCUT2D eigenvalue weighted by molar-refractivity contribution is 9.10. The number of piperazine rings is 1. The molecule has 1 aliphatic rings. The summed E-state index contributed by atoms with van der Waals surface area (Å²) in [6.45, 7) is 6.74. The largest absolute Gasteiger partial charge is 0.494 e. The van der Waals surface area contributed by atoms with Gasteiger partial charge in [0.15, 0.2) is 0 Å². The fourth-order valence-electron chi connectivity index (χ4n) is 3.11. The third kappa shape index (κ3) is 5.71. The lowest BCUT2D eigenvalue weighted by Crippen LogP contribution is -2.48. The van der Waals surface area contributed by atoms with Crippen LogP contribution in [0.2, 0.25) is 0 Å². The summed E-state index contributed by atoms with van der Waals surface area (Å²) in [4.78, 5) is 16.4. The maximum absolute atomic E-state index is 12.3. The zero-order valence-electron chi connectivity index (χ0n) is 15.6. The Bertz CT molecular complexity index is 746. The van der Waals surface area contributed by atoms with E-state index in [0.29, 0.717) is 26.3 Å². The van der Waals surface area contributed by atoms with Crippen LogP contribution in [0.1, 0.15) is 18.1 Å². The van der Waals surface area contributed by atoms with Crippen molar-refractivity contribution in [1.29, 1.82) is 0 Å². The number of nitrogens with zero attached hydrogens (tertiary/aromatic N) is 2. The molecule has 0 radical (unpaired) electrons. The molecule has 1 fully saturated rings. The molecule has 0 saturated carbocycles. The Labute approximate surface area is 169 Å². The first kappa shape index (κ1) is 19.7. The van der Waals surface area contributed by atoms with Gasteiger partial charge < -0.3 is 14.4 Å². The molecule has 3 rings (SSSR count). The van der Waals surface area contributed by atoms with Gasteiger partial charge in [-0.2, -0.15) is 0 Å². The highest BCUT2D eigenvalue weighted by Crippen LogP contribution is 2.25. The van der Waals surface area contributed by atoms with E-state index in [2.05, 4.69) is 26.9 Å². The third-order valence-electron chi connectivity index (χ3n) is 4.55. The summed E-state index contributed by atoms with van der Waals surface area (Å²) in [5.41, 5.74) is 2.16. The summed E-state index contributed by atoms with van der Waals surface area (Å²) in [6.07, 6.45) is -0.240. The van der Waals surface area contributed by atoms with Gasteiger partial charge in [-0.3, -0.25) is 4.90 Å². The summed E-state index contributed by atoms with van der Waals surface area (Å²) in [7, 11) is 0. The fraction of sp³-hybridized carbons (Fsp3) is 0.381. The Morgan fingerprint density at radius 2 is 1.81 bits per heavy atom. The molecular formula is C21H25BrN2O3. The van der Waals surface area contributed by atoms with Crippen molar-refractivity contribution in [3.63, 3.8) is 0 Å². The van der Waals surface area contributed by atoms with Crippen molar-refractivity contribution >= 4 is 22.0 Å². The quantitative estimate of drug-likeness (QED) is 0.681. The molecule has 1 aliphatic heterocycles. The third-order valence-corrected chi connectivity index (χ3v) is 5.05. The normalized spacial score (nSPS) is 14.8. The second kappa shape index (κ2) is 9.76. The summed E-state index contributed by atoms with van der Waals surface area (Å²) >= 11 is 3.53. The first-order valence-corrected chi connectivity index (χ1v) is 10.0. The van der Waals surface area contributed by atoms with Gasteiger partial charge in [0.05, 0.1) is 6.61 Å². The molecule has 1 amide bonds. The average molecular weight is 433 g/mol. The van der Waals surface area contributed by atoms with E-state index in [-0.39, 0.29) is 6.09 Å². The molecule has 0 bridgehead atoms. The molecule has 1 saturated heterocycles. The van der Waals surface area contributed by atoms with Gasteiger partial charge in [-0.05, 0) is 30.7 Å². The van der Waals surface area contributed by atoms with Crippen LogP contribution in [0.4, 0.5) is 4.79 Å². The summed E-state index contributed by atoms with van der Waals surface area (Å²) in [6, 6.07) is 15.9. The lowest BCUT2D eigenvalue weighted by atomic mass is 10.1. The zero-order chi connectivity index (χ0) is 19.1. The van der Waals surface area contributed by atoms with E-state index in [1.54, 1.807) is 4.90 Å². The second-order valence-corrected chi connectivity index (χ2v) is 7.40. The molecular weight excluding hydrogens is 408 g/mol. The molecule has 1 heterocycles. The molecule has 0 unspecified atom stereocenters. The number of hydrogen-bond donors (Lipinski definition) is 0. The van der Waals surface area contributed by atoms with Crippen molar-refractivity contribution in [1.82, 2.24) is 9.80 Å². The molecule has 0 aliphatic carbocycles. The van der Waals surface area contributed by atoms with Crippen LogP contribution in [0.3, 0.4) is 0 Å². The molecule has 0 atom stereocenters. The van der Waals surface area contributed by atoms with Gasteiger partial charge in [0.1, 0.15) is 12.4 Å². The van der Waals surface area contributed by atoms with Gasteiger partial charge in [0, 0.05) is 42.8 Å².